The SMILES string of the molecule is CCC(=CC=C(F)CF)C1CC1(C)C. The largest absolute Gasteiger partial charge is 0.243 e. The summed E-state index contributed by atoms with van der Waals surface area (Å²) in [4.78, 5) is 0. The Balaban J connectivity index is 2.64. The number of rotatable bonds is 4. The second-order valence-electron chi connectivity index (χ2n) is 4.59. The summed E-state index contributed by atoms with van der Waals surface area (Å²) in [7, 11) is 0. The molecule has 0 saturated heterocycles. The van der Waals surface area contributed by atoms with Gasteiger partial charge in [-0.3, -0.25) is 0 Å². The predicted molar refractivity (Wildman–Crippen MR) is 55.4 cm³/mol. The average molecular weight is 200 g/mol. The van der Waals surface area contributed by atoms with Gasteiger partial charge >= 0.3 is 0 Å². The van der Waals surface area contributed by atoms with Crippen molar-refractivity contribution in [1.29, 1.82) is 0 Å². The van der Waals surface area contributed by atoms with Crippen molar-refractivity contribution in [1.82, 2.24) is 0 Å². The highest BCUT2D eigenvalue weighted by atomic mass is 19.2. The minimum Gasteiger partial charge on any atom is -0.243 e. The molecule has 1 unspecified atom stereocenters. The lowest BCUT2D eigenvalue weighted by Gasteiger charge is -2.05. The first-order valence-electron chi connectivity index (χ1n) is 5.12. The van der Waals surface area contributed by atoms with Crippen molar-refractivity contribution in [3.05, 3.63) is 23.6 Å². The molecule has 0 heterocycles. The van der Waals surface area contributed by atoms with Gasteiger partial charge in [-0.25, -0.2) is 8.78 Å². The van der Waals surface area contributed by atoms with E-state index < -0.39 is 12.5 Å². The minimum atomic E-state index is -0.998. The molecule has 0 amide bonds. The van der Waals surface area contributed by atoms with E-state index in [1.54, 1.807) is 6.08 Å². The van der Waals surface area contributed by atoms with Gasteiger partial charge < -0.3 is 0 Å². The Hall–Kier alpha value is -0.660. The Bertz CT molecular complexity index is 261. The monoisotopic (exact) mass is 200 g/mol. The highest BCUT2D eigenvalue weighted by Gasteiger charge is 2.46. The predicted octanol–water partition coefficient (Wildman–Crippen LogP) is 4.19. The second-order valence-corrected chi connectivity index (χ2v) is 4.59. The molecule has 1 aliphatic rings. The zero-order valence-electron chi connectivity index (χ0n) is 9.11. The fraction of sp³-hybridized carbons (Fsp3) is 0.667. The van der Waals surface area contributed by atoms with Crippen LogP contribution < -0.4 is 0 Å². The van der Waals surface area contributed by atoms with E-state index in [9.17, 15) is 8.78 Å². The van der Waals surface area contributed by atoms with Crippen LogP contribution in [0.1, 0.15) is 33.6 Å². The van der Waals surface area contributed by atoms with Gasteiger partial charge in [0.1, 0.15) is 12.5 Å². The molecule has 0 aromatic rings. The molecule has 0 aromatic heterocycles. The summed E-state index contributed by atoms with van der Waals surface area (Å²) in [6, 6.07) is 0. The number of alkyl halides is 1. The third kappa shape index (κ3) is 2.66. The average Bonchev–Trinajstić information content (AvgIpc) is 2.76. The van der Waals surface area contributed by atoms with E-state index in [2.05, 4.69) is 20.8 Å². The number of hydrogen-bond acceptors (Lipinski definition) is 0. The lowest BCUT2D eigenvalue weighted by Crippen LogP contribution is -1.93. The molecule has 1 fully saturated rings. The van der Waals surface area contributed by atoms with Crippen molar-refractivity contribution < 1.29 is 8.78 Å². The van der Waals surface area contributed by atoms with Crippen LogP contribution in [0.3, 0.4) is 0 Å². The normalized spacial score (nSPS) is 26.5. The van der Waals surface area contributed by atoms with Crippen LogP contribution in [0, 0.1) is 11.3 Å². The van der Waals surface area contributed by atoms with E-state index in [-0.39, 0.29) is 0 Å². The van der Waals surface area contributed by atoms with Gasteiger partial charge in [0, 0.05) is 0 Å². The summed E-state index contributed by atoms with van der Waals surface area (Å²) in [5, 5.41) is 0. The Morgan fingerprint density at radius 2 is 2.00 bits per heavy atom. The molecule has 0 spiro atoms. The maximum Gasteiger partial charge on any atom is 0.141 e. The van der Waals surface area contributed by atoms with E-state index in [1.165, 1.54) is 11.6 Å². The summed E-state index contributed by atoms with van der Waals surface area (Å²) >= 11 is 0. The lowest BCUT2D eigenvalue weighted by atomic mass is 10.0. The van der Waals surface area contributed by atoms with Crippen LogP contribution in [-0.4, -0.2) is 6.67 Å². The number of allylic oxidation sites excluding steroid dienone is 4. The summed E-state index contributed by atoms with van der Waals surface area (Å²) in [6.07, 6.45) is 5.09. The van der Waals surface area contributed by atoms with Gasteiger partial charge in [-0.2, -0.15) is 0 Å². The van der Waals surface area contributed by atoms with Gasteiger partial charge in [0.2, 0.25) is 0 Å². The molecule has 80 valence electrons. The van der Waals surface area contributed by atoms with Crippen molar-refractivity contribution in [2.75, 3.05) is 6.67 Å². The molecule has 0 N–H and O–H groups in total. The van der Waals surface area contributed by atoms with E-state index in [4.69, 9.17) is 0 Å². The zero-order chi connectivity index (χ0) is 10.8. The molecule has 1 saturated carbocycles. The molecular weight excluding hydrogens is 182 g/mol. The van der Waals surface area contributed by atoms with Crippen LogP contribution in [0.2, 0.25) is 0 Å². The van der Waals surface area contributed by atoms with Crippen LogP contribution in [0.25, 0.3) is 0 Å². The van der Waals surface area contributed by atoms with E-state index in [0.29, 0.717) is 11.3 Å². The van der Waals surface area contributed by atoms with Gasteiger partial charge in [-0.15, -0.1) is 0 Å². The first-order valence-corrected chi connectivity index (χ1v) is 5.12. The Morgan fingerprint density at radius 1 is 1.43 bits per heavy atom. The van der Waals surface area contributed by atoms with Gasteiger partial charge in [0.15, 0.2) is 0 Å². The van der Waals surface area contributed by atoms with Crippen LogP contribution in [0.4, 0.5) is 8.78 Å². The molecule has 2 heteroatoms. The lowest BCUT2D eigenvalue weighted by molar-refractivity contribution is 0.459. The van der Waals surface area contributed by atoms with Gasteiger partial charge in [0.25, 0.3) is 0 Å². The van der Waals surface area contributed by atoms with Crippen LogP contribution >= 0.6 is 0 Å². The molecule has 0 aliphatic heterocycles. The molecule has 14 heavy (non-hydrogen) atoms. The molecule has 1 aliphatic carbocycles. The molecule has 0 aromatic carbocycles. The maximum absolute atomic E-state index is 12.5. The summed E-state index contributed by atoms with van der Waals surface area (Å²) < 4.78 is 24.4. The smallest absolute Gasteiger partial charge is 0.141 e. The van der Waals surface area contributed by atoms with Crippen molar-refractivity contribution in [2.24, 2.45) is 11.3 Å². The third-order valence-corrected chi connectivity index (χ3v) is 2.98. The summed E-state index contributed by atoms with van der Waals surface area (Å²) in [5.74, 6) is -0.120. The first kappa shape index (κ1) is 11.4. The topological polar surface area (TPSA) is 0 Å². The minimum absolute atomic E-state index is 0.363. The van der Waals surface area contributed by atoms with E-state index >= 15 is 0 Å². The van der Waals surface area contributed by atoms with Gasteiger partial charge in [0.05, 0.1) is 0 Å². The van der Waals surface area contributed by atoms with Crippen molar-refractivity contribution in [3.63, 3.8) is 0 Å². The fourth-order valence-electron chi connectivity index (χ4n) is 1.82. The van der Waals surface area contributed by atoms with E-state index in [0.717, 1.165) is 12.8 Å². The van der Waals surface area contributed by atoms with Crippen LogP contribution in [-0.2, 0) is 0 Å². The van der Waals surface area contributed by atoms with E-state index in [1.807, 2.05) is 0 Å². The Morgan fingerprint density at radius 3 is 2.36 bits per heavy atom. The van der Waals surface area contributed by atoms with Crippen molar-refractivity contribution in [3.8, 4) is 0 Å². The molecule has 1 atom stereocenters. The molecule has 1 rings (SSSR count). The fourth-order valence-corrected chi connectivity index (χ4v) is 1.82. The maximum atomic E-state index is 12.5. The highest BCUT2D eigenvalue weighted by molar-refractivity contribution is 5.24. The van der Waals surface area contributed by atoms with Gasteiger partial charge in [-0.05, 0) is 30.3 Å². The molecule has 0 radical (unpaired) electrons. The number of halogens is 2. The standard InChI is InChI=1S/C12H18F2/c1-4-9(5-6-10(14)8-13)11-7-12(11,2)3/h5-6,11H,4,7-8H2,1-3H3. The molecule has 0 bridgehead atoms. The molecule has 0 nitrogen and oxygen atoms in total. The zero-order valence-corrected chi connectivity index (χ0v) is 9.11. The Kier molecular flexibility index (Phi) is 3.46. The Labute approximate surface area is 84.7 Å². The summed E-state index contributed by atoms with van der Waals surface area (Å²) in [5.41, 5.74) is 1.60. The van der Waals surface area contributed by atoms with Crippen molar-refractivity contribution in [2.45, 2.75) is 33.6 Å². The van der Waals surface area contributed by atoms with Crippen molar-refractivity contribution >= 4 is 0 Å². The highest BCUT2D eigenvalue weighted by Crippen LogP contribution is 2.56. The first-order chi connectivity index (χ1) is 6.51. The van der Waals surface area contributed by atoms with Crippen LogP contribution in [0.5, 0.6) is 0 Å². The van der Waals surface area contributed by atoms with Crippen LogP contribution in [0.15, 0.2) is 23.6 Å². The third-order valence-electron chi connectivity index (χ3n) is 2.98. The van der Waals surface area contributed by atoms with Gasteiger partial charge in [-0.1, -0.05) is 32.4 Å². The second kappa shape index (κ2) is 4.24. The molecular formula is C12H18F2. The quantitative estimate of drug-likeness (QED) is 0.597. The summed E-state index contributed by atoms with van der Waals surface area (Å²) in [6.45, 7) is 5.47. The number of hydrogen-bond donors (Lipinski definition) is 0.